The van der Waals surface area contributed by atoms with Crippen molar-refractivity contribution in [3.05, 3.63) is 0 Å². The fourth-order valence-electron chi connectivity index (χ4n) is 1.68. The smallest absolute Gasteiger partial charge is 0.225 e. The first-order valence-electron chi connectivity index (χ1n) is 6.13. The van der Waals surface area contributed by atoms with Gasteiger partial charge in [-0.15, -0.1) is 0 Å². The lowest BCUT2D eigenvalue weighted by atomic mass is 10.2. The molecule has 7 heteroatoms. The molecule has 1 aliphatic rings. The molecule has 0 aliphatic carbocycles. The Bertz CT molecular complexity index is 296. The molecule has 1 atom stereocenters. The van der Waals surface area contributed by atoms with E-state index >= 15 is 0 Å². The minimum atomic E-state index is -0.524. The predicted octanol–water partition coefficient (Wildman–Crippen LogP) is -0.223. The molecule has 1 aliphatic heterocycles. The van der Waals surface area contributed by atoms with E-state index < -0.39 is 6.10 Å². The van der Waals surface area contributed by atoms with Crippen molar-refractivity contribution < 1.29 is 19.5 Å². The van der Waals surface area contributed by atoms with Crippen LogP contribution < -0.4 is 5.73 Å². The van der Waals surface area contributed by atoms with Gasteiger partial charge in [0.25, 0.3) is 0 Å². The number of hydrogen-bond donors (Lipinski definition) is 2. The lowest BCUT2D eigenvalue weighted by molar-refractivity contribution is -0.137. The summed E-state index contributed by atoms with van der Waals surface area (Å²) >= 11 is 0. The van der Waals surface area contributed by atoms with Crippen molar-refractivity contribution in [2.24, 2.45) is 10.9 Å². The molecule has 1 rings (SSSR count). The molecular formula is C11H21N3O4. The average molecular weight is 259 g/mol. The van der Waals surface area contributed by atoms with E-state index in [1.807, 2.05) is 6.92 Å². The third kappa shape index (κ3) is 4.50. The molecule has 18 heavy (non-hydrogen) atoms. The summed E-state index contributed by atoms with van der Waals surface area (Å²) in [4.78, 5) is 13.5. The summed E-state index contributed by atoms with van der Waals surface area (Å²) in [6.45, 7) is 4.36. The van der Waals surface area contributed by atoms with Crippen molar-refractivity contribution >= 4 is 11.7 Å². The van der Waals surface area contributed by atoms with E-state index in [1.165, 1.54) is 0 Å². The number of carbonyl (C=O) groups excluding carboxylic acids is 1. The Morgan fingerprint density at radius 3 is 3.06 bits per heavy atom. The number of nitrogens with zero attached hydrogens (tertiary/aromatic N) is 2. The van der Waals surface area contributed by atoms with Crippen LogP contribution in [0.15, 0.2) is 5.16 Å². The highest BCUT2D eigenvalue weighted by molar-refractivity contribution is 5.85. The van der Waals surface area contributed by atoms with Crippen LogP contribution in [-0.2, 0) is 14.3 Å². The van der Waals surface area contributed by atoms with E-state index in [0.717, 1.165) is 6.42 Å². The Morgan fingerprint density at radius 2 is 2.39 bits per heavy atom. The molecule has 1 unspecified atom stereocenters. The Balaban J connectivity index is 2.34. The standard InChI is InChI=1S/C11H21N3O4/c1-2-5-17-6-3-10(15)14-4-7-18-9(8-14)11(12)13-16/h9,16H,2-8H2,1H3,(H2,12,13). The van der Waals surface area contributed by atoms with E-state index in [-0.39, 0.29) is 11.7 Å². The van der Waals surface area contributed by atoms with Crippen LogP contribution >= 0.6 is 0 Å². The fraction of sp³-hybridized carbons (Fsp3) is 0.818. The van der Waals surface area contributed by atoms with Gasteiger partial charge in [-0.3, -0.25) is 4.79 Å². The minimum absolute atomic E-state index is 0.00476. The second-order valence-corrected chi connectivity index (χ2v) is 4.09. The molecule has 1 fully saturated rings. The predicted molar refractivity (Wildman–Crippen MR) is 65.5 cm³/mol. The minimum Gasteiger partial charge on any atom is -0.409 e. The van der Waals surface area contributed by atoms with Gasteiger partial charge >= 0.3 is 0 Å². The number of amidine groups is 1. The second kappa shape index (κ2) is 7.88. The van der Waals surface area contributed by atoms with Crippen molar-refractivity contribution in [3.8, 4) is 0 Å². The first-order chi connectivity index (χ1) is 8.69. The molecule has 7 nitrogen and oxygen atoms in total. The quantitative estimate of drug-likeness (QED) is 0.226. The van der Waals surface area contributed by atoms with Gasteiger partial charge in [-0.1, -0.05) is 12.1 Å². The van der Waals surface area contributed by atoms with Gasteiger partial charge in [-0.25, -0.2) is 0 Å². The SMILES string of the molecule is CCCOCCC(=O)N1CCOC(C(N)=NO)C1. The summed E-state index contributed by atoms with van der Waals surface area (Å²) in [5.74, 6) is -0.000115. The molecule has 0 aromatic carbocycles. The zero-order valence-corrected chi connectivity index (χ0v) is 10.7. The zero-order chi connectivity index (χ0) is 13.4. The number of amides is 1. The van der Waals surface area contributed by atoms with Crippen LogP contribution in [-0.4, -0.2) is 60.9 Å². The number of rotatable bonds is 6. The van der Waals surface area contributed by atoms with E-state index in [2.05, 4.69) is 5.16 Å². The van der Waals surface area contributed by atoms with Crippen LogP contribution in [0.1, 0.15) is 19.8 Å². The van der Waals surface area contributed by atoms with Gasteiger partial charge in [0.1, 0.15) is 6.10 Å². The summed E-state index contributed by atoms with van der Waals surface area (Å²) in [6.07, 6.45) is 0.768. The molecule has 0 spiro atoms. The normalized spacial score (nSPS) is 21.1. The average Bonchev–Trinajstić information content (AvgIpc) is 2.42. The van der Waals surface area contributed by atoms with Crippen LogP contribution in [0.4, 0.5) is 0 Å². The highest BCUT2D eigenvalue weighted by atomic mass is 16.5. The van der Waals surface area contributed by atoms with Gasteiger partial charge < -0.3 is 25.3 Å². The van der Waals surface area contributed by atoms with Crippen molar-refractivity contribution in [2.45, 2.75) is 25.9 Å². The fourth-order valence-corrected chi connectivity index (χ4v) is 1.68. The van der Waals surface area contributed by atoms with Gasteiger partial charge in [0.15, 0.2) is 5.84 Å². The first kappa shape index (κ1) is 14.7. The molecule has 104 valence electrons. The molecule has 0 aromatic heterocycles. The van der Waals surface area contributed by atoms with Gasteiger partial charge in [-0.2, -0.15) is 0 Å². The maximum Gasteiger partial charge on any atom is 0.225 e. The molecule has 3 N–H and O–H groups in total. The molecule has 0 radical (unpaired) electrons. The number of ether oxygens (including phenoxy) is 2. The summed E-state index contributed by atoms with van der Waals surface area (Å²) in [5.41, 5.74) is 5.46. The molecule has 0 bridgehead atoms. The summed E-state index contributed by atoms with van der Waals surface area (Å²) in [6, 6.07) is 0. The Hall–Kier alpha value is -1.34. The summed E-state index contributed by atoms with van der Waals surface area (Å²) in [5, 5.41) is 11.5. The molecule has 0 aromatic rings. The monoisotopic (exact) mass is 259 g/mol. The number of hydrogen-bond acceptors (Lipinski definition) is 5. The number of carbonyl (C=O) groups is 1. The summed E-state index contributed by atoms with van der Waals surface area (Å²) in [7, 11) is 0. The largest absolute Gasteiger partial charge is 0.409 e. The number of morpholine rings is 1. The third-order valence-electron chi connectivity index (χ3n) is 2.67. The van der Waals surface area contributed by atoms with Crippen molar-refractivity contribution in [1.29, 1.82) is 0 Å². The molecular weight excluding hydrogens is 238 g/mol. The van der Waals surface area contributed by atoms with Gasteiger partial charge in [0.05, 0.1) is 26.2 Å². The second-order valence-electron chi connectivity index (χ2n) is 4.09. The topological polar surface area (TPSA) is 97.4 Å². The van der Waals surface area contributed by atoms with Crippen LogP contribution in [0.5, 0.6) is 0 Å². The van der Waals surface area contributed by atoms with Crippen molar-refractivity contribution in [1.82, 2.24) is 4.90 Å². The third-order valence-corrected chi connectivity index (χ3v) is 2.67. The van der Waals surface area contributed by atoms with Crippen molar-refractivity contribution in [3.63, 3.8) is 0 Å². The van der Waals surface area contributed by atoms with E-state index in [9.17, 15) is 4.79 Å². The molecule has 1 heterocycles. The van der Waals surface area contributed by atoms with Gasteiger partial charge in [0, 0.05) is 13.2 Å². The van der Waals surface area contributed by atoms with Crippen LogP contribution in [0.25, 0.3) is 0 Å². The van der Waals surface area contributed by atoms with Crippen LogP contribution in [0.3, 0.4) is 0 Å². The number of nitrogens with two attached hydrogens (primary N) is 1. The molecule has 1 amide bonds. The van der Waals surface area contributed by atoms with E-state index in [0.29, 0.717) is 39.3 Å². The highest BCUT2D eigenvalue weighted by Gasteiger charge is 2.26. The molecule has 1 saturated heterocycles. The maximum atomic E-state index is 11.9. The van der Waals surface area contributed by atoms with Crippen molar-refractivity contribution in [2.75, 3.05) is 32.9 Å². The Kier molecular flexibility index (Phi) is 6.45. The number of oxime groups is 1. The van der Waals surface area contributed by atoms with Crippen LogP contribution in [0, 0.1) is 0 Å². The zero-order valence-electron chi connectivity index (χ0n) is 10.7. The molecule has 0 saturated carbocycles. The lowest BCUT2D eigenvalue weighted by Crippen LogP contribution is -2.50. The van der Waals surface area contributed by atoms with Gasteiger partial charge in [-0.05, 0) is 6.42 Å². The van der Waals surface area contributed by atoms with Gasteiger partial charge in [0.2, 0.25) is 5.91 Å². The Morgan fingerprint density at radius 1 is 1.61 bits per heavy atom. The Labute approximate surface area is 107 Å². The summed E-state index contributed by atoms with van der Waals surface area (Å²) < 4.78 is 10.6. The van der Waals surface area contributed by atoms with E-state index in [4.69, 9.17) is 20.4 Å². The maximum absolute atomic E-state index is 11.9. The lowest BCUT2D eigenvalue weighted by Gasteiger charge is -2.32. The first-order valence-corrected chi connectivity index (χ1v) is 6.13. The van der Waals surface area contributed by atoms with Crippen LogP contribution in [0.2, 0.25) is 0 Å². The highest BCUT2D eigenvalue weighted by Crippen LogP contribution is 2.07. The van der Waals surface area contributed by atoms with E-state index in [1.54, 1.807) is 4.90 Å².